The topological polar surface area (TPSA) is 336 Å². The molecule has 5 atom stereocenters. The van der Waals surface area contributed by atoms with E-state index in [1.807, 2.05) is 0 Å². The molecule has 0 saturated carbocycles. The molecule has 0 aliphatic rings. The van der Waals surface area contributed by atoms with Crippen LogP contribution in [0, 0.1) is 5.92 Å². The van der Waals surface area contributed by atoms with Crippen molar-refractivity contribution in [1.82, 2.24) is 20.9 Å². The molecule has 0 radical (unpaired) electrons. The van der Waals surface area contributed by atoms with Gasteiger partial charge in [0.05, 0.1) is 6.04 Å². The zero-order valence-electron chi connectivity index (χ0n) is 29.7. The summed E-state index contributed by atoms with van der Waals surface area (Å²) in [5.74, 6) is -7.90. The molecular weight excluding hydrogens is 682 g/mol. The Morgan fingerprint density at radius 2 is 1.44 bits per heavy atom. The highest BCUT2D eigenvalue weighted by molar-refractivity contribution is 6.02. The van der Waals surface area contributed by atoms with Gasteiger partial charge in [0.25, 0.3) is 0 Å². The zero-order chi connectivity index (χ0) is 39.5. The third kappa shape index (κ3) is 15.7. The molecule has 0 fully saturated rings. The molecule has 1 aromatic rings. The van der Waals surface area contributed by atoms with Crippen molar-refractivity contribution >= 4 is 47.4 Å². The van der Waals surface area contributed by atoms with Crippen LogP contribution in [-0.4, -0.2) is 111 Å². The summed E-state index contributed by atoms with van der Waals surface area (Å²) >= 11 is 0. The number of carbonyl (C=O) groups excluding carboxylic acids is 5. The molecule has 0 saturated heterocycles. The number of aliphatic carboxylic acids is 2. The Hall–Kier alpha value is -5.30. The molecule has 0 aliphatic carbocycles. The van der Waals surface area contributed by atoms with Crippen LogP contribution in [0.15, 0.2) is 29.3 Å². The number of phenolic OH excluding ortho intramolecular Hbond substituents is 1. The van der Waals surface area contributed by atoms with Gasteiger partial charge in [-0.1, -0.05) is 26.0 Å². The molecule has 19 nitrogen and oxygen atoms in total. The van der Waals surface area contributed by atoms with Crippen molar-refractivity contribution in [2.24, 2.45) is 33.8 Å². The van der Waals surface area contributed by atoms with Gasteiger partial charge in [0, 0.05) is 26.3 Å². The third-order valence-electron chi connectivity index (χ3n) is 7.93. The van der Waals surface area contributed by atoms with Gasteiger partial charge in [-0.05, 0) is 68.7 Å². The first-order valence-electron chi connectivity index (χ1n) is 16.9. The number of phenols is 1. The van der Waals surface area contributed by atoms with Crippen LogP contribution in [0.2, 0.25) is 0 Å². The number of guanidine groups is 1. The molecule has 52 heavy (non-hydrogen) atoms. The first-order chi connectivity index (χ1) is 24.4. The van der Waals surface area contributed by atoms with Crippen LogP contribution in [0.3, 0.4) is 0 Å². The lowest BCUT2D eigenvalue weighted by Gasteiger charge is -2.32. The lowest BCUT2D eigenvalue weighted by molar-refractivity contribution is -0.152. The first kappa shape index (κ1) is 44.7. The quantitative estimate of drug-likeness (QED) is 0.0339. The standard InChI is InChI=1S/C33H53N9O10/c1-18(2)27(30(49)40-24(32(51)52)17-20-9-11-21(44)12-10-20)41-28(47)23(13-14-26(45)46)39-29(48)25(8-4-5-15-34)42(19(3)43)31(50)22(35)7-6-16-38-33(36)37/h9-12,18,22-25,27,44H,4-8,13-17,34-35H2,1-3H3,(H,39,48)(H,40,49)(H,41,47)(H,45,46)(H,51,52)(H4,36,37,38)/t22-,23-,24-,25-,27-/m0/s1. The second-order valence-corrected chi connectivity index (χ2v) is 12.6. The number of unbranched alkanes of at least 4 members (excludes halogenated alkanes) is 1. The highest BCUT2D eigenvalue weighted by Crippen LogP contribution is 2.16. The number of carboxylic acid groups (broad SMARTS) is 2. The highest BCUT2D eigenvalue weighted by Gasteiger charge is 2.38. The van der Waals surface area contributed by atoms with E-state index < -0.39 is 90.4 Å². The highest BCUT2D eigenvalue weighted by atomic mass is 16.4. The van der Waals surface area contributed by atoms with Crippen molar-refractivity contribution in [1.29, 1.82) is 0 Å². The monoisotopic (exact) mass is 735 g/mol. The van der Waals surface area contributed by atoms with E-state index in [1.54, 1.807) is 13.8 Å². The molecule has 290 valence electrons. The van der Waals surface area contributed by atoms with Gasteiger partial charge in [0.15, 0.2) is 5.96 Å². The maximum Gasteiger partial charge on any atom is 0.326 e. The van der Waals surface area contributed by atoms with Crippen LogP contribution in [-0.2, 0) is 40.0 Å². The molecule has 1 aromatic carbocycles. The van der Waals surface area contributed by atoms with E-state index in [4.69, 9.17) is 22.9 Å². The first-order valence-corrected chi connectivity index (χ1v) is 16.9. The number of amides is 5. The van der Waals surface area contributed by atoms with E-state index >= 15 is 0 Å². The average Bonchev–Trinajstić information content (AvgIpc) is 3.06. The summed E-state index contributed by atoms with van der Waals surface area (Å²) < 4.78 is 0. The van der Waals surface area contributed by atoms with E-state index in [0.29, 0.717) is 23.3 Å². The molecular formula is C33H53N9O10. The van der Waals surface area contributed by atoms with E-state index in [9.17, 15) is 48.9 Å². The molecule has 19 heteroatoms. The Morgan fingerprint density at radius 1 is 0.827 bits per heavy atom. The Balaban J connectivity index is 3.31. The van der Waals surface area contributed by atoms with Gasteiger partial charge in [-0.2, -0.15) is 0 Å². The number of aromatic hydroxyl groups is 1. The Labute approximate surface area is 301 Å². The van der Waals surface area contributed by atoms with E-state index in [0.717, 1.165) is 6.92 Å². The van der Waals surface area contributed by atoms with Gasteiger partial charge >= 0.3 is 11.9 Å². The minimum atomic E-state index is -1.56. The lowest BCUT2D eigenvalue weighted by atomic mass is 10.00. The number of nitrogens with two attached hydrogens (primary N) is 4. The molecule has 0 bridgehead atoms. The SMILES string of the molecule is CC(=O)N(C(=O)[C@@H](N)CCCN=C(N)N)[C@@H](CCCCN)C(=O)N[C@@H](CCC(=O)O)C(=O)N[C@H](C(=O)N[C@@H](Cc1ccc(O)cc1)C(=O)O)C(C)C. The van der Waals surface area contributed by atoms with E-state index in [-0.39, 0.29) is 50.5 Å². The van der Waals surface area contributed by atoms with Gasteiger partial charge in [-0.15, -0.1) is 0 Å². The summed E-state index contributed by atoms with van der Waals surface area (Å²) in [6.45, 7) is 4.63. The molecule has 14 N–H and O–H groups in total. The van der Waals surface area contributed by atoms with Crippen LogP contribution in [0.25, 0.3) is 0 Å². The molecule has 1 rings (SSSR count). The summed E-state index contributed by atoms with van der Waals surface area (Å²) in [4.78, 5) is 95.0. The maximum atomic E-state index is 13.8. The maximum absolute atomic E-state index is 13.8. The smallest absolute Gasteiger partial charge is 0.326 e. The minimum Gasteiger partial charge on any atom is -0.508 e. The van der Waals surface area contributed by atoms with Gasteiger partial charge in [-0.3, -0.25) is 38.7 Å². The number of carbonyl (C=O) groups is 7. The summed E-state index contributed by atoms with van der Waals surface area (Å²) in [5, 5.41) is 36.0. The van der Waals surface area contributed by atoms with Crippen LogP contribution < -0.4 is 38.9 Å². The third-order valence-corrected chi connectivity index (χ3v) is 7.93. The summed E-state index contributed by atoms with van der Waals surface area (Å²) in [6, 6.07) is -1.28. The fourth-order valence-corrected chi connectivity index (χ4v) is 5.13. The summed E-state index contributed by atoms with van der Waals surface area (Å²) in [6.07, 6.45) is -0.160. The fraction of sp³-hybridized carbons (Fsp3) is 0.576. The van der Waals surface area contributed by atoms with Crippen molar-refractivity contribution in [3.8, 4) is 5.75 Å². The van der Waals surface area contributed by atoms with Crippen molar-refractivity contribution in [2.75, 3.05) is 13.1 Å². The number of rotatable bonds is 23. The number of imide groups is 1. The van der Waals surface area contributed by atoms with Gasteiger partial charge in [0.2, 0.25) is 29.5 Å². The fourth-order valence-electron chi connectivity index (χ4n) is 5.13. The molecule has 0 heterocycles. The number of hydrogen-bond donors (Lipinski definition) is 10. The minimum absolute atomic E-state index is 0.0335. The van der Waals surface area contributed by atoms with Crippen LogP contribution in [0.1, 0.15) is 71.3 Å². The lowest BCUT2D eigenvalue weighted by Crippen LogP contribution is -2.60. The van der Waals surface area contributed by atoms with Gasteiger partial charge in [-0.25, -0.2) is 4.79 Å². The van der Waals surface area contributed by atoms with Crippen LogP contribution in [0.5, 0.6) is 5.75 Å². The molecule has 0 unspecified atom stereocenters. The number of nitrogens with zero attached hydrogens (tertiary/aromatic N) is 2. The Bertz CT molecular complexity index is 1420. The number of hydrogen-bond acceptors (Lipinski definition) is 11. The number of nitrogens with one attached hydrogen (secondary N) is 3. The van der Waals surface area contributed by atoms with Gasteiger partial charge < -0.3 is 54.2 Å². The van der Waals surface area contributed by atoms with E-state index in [2.05, 4.69) is 20.9 Å². The molecule has 0 aromatic heterocycles. The van der Waals surface area contributed by atoms with Crippen molar-refractivity contribution in [3.63, 3.8) is 0 Å². The van der Waals surface area contributed by atoms with Gasteiger partial charge in [0.1, 0.15) is 29.9 Å². The largest absolute Gasteiger partial charge is 0.508 e. The number of carboxylic acids is 2. The Morgan fingerprint density at radius 3 is 1.96 bits per heavy atom. The normalized spacial score (nSPS) is 13.8. The molecule has 0 spiro atoms. The second kappa shape index (κ2) is 22.5. The average molecular weight is 736 g/mol. The summed E-state index contributed by atoms with van der Waals surface area (Å²) in [5.41, 5.74) is 22.8. The predicted octanol–water partition coefficient (Wildman–Crippen LogP) is -1.75. The van der Waals surface area contributed by atoms with Crippen LogP contribution >= 0.6 is 0 Å². The van der Waals surface area contributed by atoms with E-state index in [1.165, 1.54) is 24.3 Å². The number of benzene rings is 1. The molecule has 5 amide bonds. The molecule has 0 aliphatic heterocycles. The Kier molecular flexibility index (Phi) is 19.4. The second-order valence-electron chi connectivity index (χ2n) is 12.6. The number of aliphatic imine (C=N–C) groups is 1. The predicted molar refractivity (Wildman–Crippen MR) is 189 cm³/mol. The van der Waals surface area contributed by atoms with Crippen molar-refractivity contribution < 1.29 is 48.9 Å². The van der Waals surface area contributed by atoms with Crippen molar-refractivity contribution in [3.05, 3.63) is 29.8 Å². The van der Waals surface area contributed by atoms with Crippen molar-refractivity contribution in [2.45, 2.75) is 102 Å². The zero-order valence-corrected chi connectivity index (χ0v) is 29.7. The van der Waals surface area contributed by atoms with Crippen LogP contribution in [0.4, 0.5) is 0 Å². The summed E-state index contributed by atoms with van der Waals surface area (Å²) in [7, 11) is 0.